The number of benzene rings is 2. The van der Waals surface area contributed by atoms with Gasteiger partial charge in [-0.1, -0.05) is 0 Å². The summed E-state index contributed by atoms with van der Waals surface area (Å²) in [6.45, 7) is 4.17. The molecule has 14 heteroatoms. The number of halogens is 2. The van der Waals surface area contributed by atoms with Crippen LogP contribution in [0.2, 0.25) is 0 Å². The molecule has 3 aromatic heterocycles. The van der Waals surface area contributed by atoms with Crippen LogP contribution in [-0.2, 0) is 12.1 Å². The van der Waals surface area contributed by atoms with Gasteiger partial charge in [-0.15, -0.1) is 5.10 Å². The lowest BCUT2D eigenvalue weighted by Gasteiger charge is -2.38. The molecule has 5 aromatic rings. The maximum Gasteiger partial charge on any atom is 0.226 e. The molecule has 1 fully saturated rings. The highest BCUT2D eigenvalue weighted by atomic mass is 19.1. The predicted octanol–water partition coefficient (Wildman–Crippen LogP) is 3.85. The normalized spacial score (nSPS) is 17.3. The number of aliphatic hydroxyl groups excluding tert-OH is 2. The van der Waals surface area contributed by atoms with Crippen LogP contribution in [0.5, 0.6) is 11.5 Å². The molecule has 1 aliphatic heterocycles. The first-order valence-corrected chi connectivity index (χ1v) is 14.7. The van der Waals surface area contributed by atoms with E-state index in [2.05, 4.69) is 27.2 Å². The van der Waals surface area contributed by atoms with Gasteiger partial charge in [-0.3, -0.25) is 4.68 Å². The number of aromatic nitrogens is 6. The van der Waals surface area contributed by atoms with Gasteiger partial charge in [-0.2, -0.15) is 9.61 Å². The van der Waals surface area contributed by atoms with Crippen molar-refractivity contribution in [1.82, 2.24) is 29.4 Å². The van der Waals surface area contributed by atoms with Crippen molar-refractivity contribution in [3.63, 3.8) is 0 Å². The predicted molar refractivity (Wildman–Crippen MR) is 164 cm³/mol. The Morgan fingerprint density at radius 3 is 2.60 bits per heavy atom. The largest absolute Gasteiger partial charge is 0.497 e. The van der Waals surface area contributed by atoms with E-state index in [-0.39, 0.29) is 54.2 Å². The summed E-state index contributed by atoms with van der Waals surface area (Å²) in [6, 6.07) is 7.65. The lowest BCUT2D eigenvalue weighted by Crippen LogP contribution is -2.41. The molecule has 12 nitrogen and oxygen atoms in total. The number of piperidine rings is 1. The molecule has 45 heavy (non-hydrogen) atoms. The zero-order valence-corrected chi connectivity index (χ0v) is 25.5. The second kappa shape index (κ2) is 12.1. The molecule has 2 aromatic carbocycles. The van der Waals surface area contributed by atoms with E-state index in [0.29, 0.717) is 23.9 Å². The monoisotopic (exact) mass is 622 g/mol. The van der Waals surface area contributed by atoms with Gasteiger partial charge in [0.15, 0.2) is 17.3 Å². The van der Waals surface area contributed by atoms with Crippen LogP contribution < -0.4 is 19.7 Å². The molecular formula is C31H36F2N8O4. The van der Waals surface area contributed by atoms with Gasteiger partial charge in [-0.25, -0.2) is 18.7 Å². The Bertz CT molecular complexity index is 1840. The van der Waals surface area contributed by atoms with Gasteiger partial charge in [0.2, 0.25) is 5.95 Å². The molecule has 3 N–H and O–H groups in total. The van der Waals surface area contributed by atoms with Crippen molar-refractivity contribution in [3.8, 4) is 11.5 Å². The van der Waals surface area contributed by atoms with E-state index < -0.39 is 17.2 Å². The van der Waals surface area contributed by atoms with Crippen molar-refractivity contribution in [3.05, 3.63) is 65.7 Å². The first-order chi connectivity index (χ1) is 21.7. The van der Waals surface area contributed by atoms with Crippen molar-refractivity contribution in [2.45, 2.75) is 50.7 Å². The molecule has 1 aliphatic rings. The maximum absolute atomic E-state index is 15.0. The van der Waals surface area contributed by atoms with Crippen LogP contribution in [0.15, 0.2) is 42.7 Å². The minimum Gasteiger partial charge on any atom is -0.497 e. The lowest BCUT2D eigenvalue weighted by molar-refractivity contribution is 0.0681. The summed E-state index contributed by atoms with van der Waals surface area (Å²) in [6.07, 6.45) is 5.18. The zero-order chi connectivity index (χ0) is 31.9. The lowest BCUT2D eigenvalue weighted by atomic mass is 9.92. The molecule has 238 valence electrons. The zero-order valence-electron chi connectivity index (χ0n) is 25.5. The van der Waals surface area contributed by atoms with Crippen LogP contribution in [0, 0.1) is 11.6 Å². The highest BCUT2D eigenvalue weighted by molar-refractivity contribution is 5.92. The van der Waals surface area contributed by atoms with Crippen molar-refractivity contribution < 1.29 is 28.5 Å². The van der Waals surface area contributed by atoms with Crippen molar-refractivity contribution in [1.29, 1.82) is 0 Å². The molecule has 0 radical (unpaired) electrons. The van der Waals surface area contributed by atoms with Crippen LogP contribution in [0.25, 0.3) is 16.6 Å². The fourth-order valence-electron chi connectivity index (χ4n) is 5.74. The Morgan fingerprint density at radius 1 is 1.07 bits per heavy atom. The third-order valence-electron chi connectivity index (χ3n) is 8.62. The Kier molecular flexibility index (Phi) is 8.18. The minimum absolute atomic E-state index is 0.0193. The number of nitrogens with one attached hydrogen (secondary N) is 1. The van der Waals surface area contributed by atoms with E-state index in [1.807, 2.05) is 18.3 Å². The van der Waals surface area contributed by atoms with Crippen molar-refractivity contribution in [2.75, 3.05) is 44.2 Å². The fourth-order valence-corrected chi connectivity index (χ4v) is 5.74. The highest BCUT2D eigenvalue weighted by Gasteiger charge is 2.32. The van der Waals surface area contributed by atoms with E-state index in [1.54, 1.807) is 38.1 Å². The second-order valence-electron chi connectivity index (χ2n) is 11.7. The summed E-state index contributed by atoms with van der Waals surface area (Å²) < 4.78 is 43.3. The molecular weight excluding hydrogens is 586 g/mol. The van der Waals surface area contributed by atoms with E-state index in [0.717, 1.165) is 30.2 Å². The number of anilines is 2. The van der Waals surface area contributed by atoms with Gasteiger partial charge in [0.25, 0.3) is 0 Å². The Labute approximate surface area is 258 Å². The molecule has 0 saturated carbocycles. The summed E-state index contributed by atoms with van der Waals surface area (Å²) in [5.41, 5.74) is 0.990. The SMILES string of the molecule is COc1ccc(CNc2nc3c(F)cc(F)cc3c3nc(C4CCC(C)N(c5cnn(C(C)(CO)CO)c5)C4)nn23)c(OC)c1. The molecule has 1 saturated heterocycles. The van der Waals surface area contributed by atoms with E-state index in [1.165, 1.54) is 10.6 Å². The van der Waals surface area contributed by atoms with Gasteiger partial charge in [0.05, 0.1) is 44.7 Å². The van der Waals surface area contributed by atoms with Gasteiger partial charge in [0, 0.05) is 48.9 Å². The van der Waals surface area contributed by atoms with Crippen LogP contribution in [0.3, 0.4) is 0 Å². The number of fused-ring (bicyclic) bond motifs is 3. The smallest absolute Gasteiger partial charge is 0.226 e. The van der Waals surface area contributed by atoms with Crippen LogP contribution in [0.1, 0.15) is 44.0 Å². The van der Waals surface area contributed by atoms with Crippen molar-refractivity contribution in [2.24, 2.45) is 0 Å². The third kappa shape index (κ3) is 5.59. The van der Waals surface area contributed by atoms with E-state index in [9.17, 15) is 14.6 Å². The van der Waals surface area contributed by atoms with Crippen LogP contribution >= 0.6 is 0 Å². The maximum atomic E-state index is 15.0. The Morgan fingerprint density at radius 2 is 1.87 bits per heavy atom. The molecule has 0 aliphatic carbocycles. The standard InChI is InChI=1S/C31H36F2N8O4/c1-18-5-6-20(14-39(18)22-13-35-40(15-22)31(2,16-42)17-43)28-37-29-24-9-21(32)10-25(33)27(24)36-30(41(29)38-28)34-12-19-7-8-23(44-3)11-26(19)45-4/h7-11,13,15,18,20,42-43H,5-6,12,14,16-17H2,1-4H3,(H,34,36). The number of hydrogen-bond acceptors (Lipinski definition) is 10. The Balaban J connectivity index is 1.36. The molecule has 0 bridgehead atoms. The van der Waals surface area contributed by atoms with Gasteiger partial charge in [0.1, 0.15) is 28.4 Å². The first kappa shape index (κ1) is 30.5. The average molecular weight is 623 g/mol. The molecule has 4 heterocycles. The minimum atomic E-state index is -0.933. The number of aliphatic hydroxyl groups is 2. The summed E-state index contributed by atoms with van der Waals surface area (Å²) >= 11 is 0. The van der Waals surface area contributed by atoms with Crippen molar-refractivity contribution >= 4 is 28.2 Å². The highest BCUT2D eigenvalue weighted by Crippen LogP contribution is 2.34. The first-order valence-electron chi connectivity index (χ1n) is 14.7. The summed E-state index contributed by atoms with van der Waals surface area (Å²) in [7, 11) is 3.14. The van der Waals surface area contributed by atoms with Crippen LogP contribution in [-0.4, -0.2) is 79.6 Å². The number of methoxy groups -OCH3 is 2. The Hall–Kier alpha value is -4.56. The summed E-state index contributed by atoms with van der Waals surface area (Å²) in [4.78, 5) is 11.5. The summed E-state index contributed by atoms with van der Waals surface area (Å²) in [5.74, 6) is 0.386. The number of rotatable bonds is 10. The quantitative estimate of drug-likeness (QED) is 0.211. The van der Waals surface area contributed by atoms with Gasteiger partial charge < -0.3 is 29.9 Å². The average Bonchev–Trinajstić information content (AvgIpc) is 3.73. The molecule has 0 spiro atoms. The van der Waals surface area contributed by atoms with E-state index >= 15 is 4.39 Å². The summed E-state index contributed by atoms with van der Waals surface area (Å²) in [5, 5.41) is 32.4. The van der Waals surface area contributed by atoms with Crippen LogP contribution in [0.4, 0.5) is 20.4 Å². The fraction of sp³-hybridized carbons (Fsp3) is 0.419. The number of hydrogen-bond donors (Lipinski definition) is 3. The van der Waals surface area contributed by atoms with Gasteiger partial charge in [-0.05, 0) is 44.9 Å². The third-order valence-corrected chi connectivity index (χ3v) is 8.62. The van der Waals surface area contributed by atoms with E-state index in [4.69, 9.17) is 19.6 Å². The molecule has 0 amide bonds. The topological polar surface area (TPSA) is 135 Å². The number of ether oxygens (including phenoxy) is 2. The molecule has 2 unspecified atom stereocenters. The second-order valence-corrected chi connectivity index (χ2v) is 11.7. The van der Waals surface area contributed by atoms with Gasteiger partial charge >= 0.3 is 0 Å². The molecule has 2 atom stereocenters. The number of nitrogens with zero attached hydrogens (tertiary/aromatic N) is 7. The molecule has 6 rings (SSSR count).